The average molecular weight is 204 g/mol. The van der Waals surface area contributed by atoms with Gasteiger partial charge >= 0.3 is 5.97 Å². The van der Waals surface area contributed by atoms with Gasteiger partial charge in [-0.1, -0.05) is 27.7 Å². The summed E-state index contributed by atoms with van der Waals surface area (Å²) in [6.07, 6.45) is 2.11. The van der Waals surface area contributed by atoms with Crippen LogP contribution in [-0.4, -0.2) is 21.6 Å². The fourth-order valence-electron chi connectivity index (χ4n) is 1.19. The van der Waals surface area contributed by atoms with Crippen LogP contribution in [0.15, 0.2) is 0 Å². The maximum Gasteiger partial charge on any atom is 0.316 e. The molecule has 0 heterocycles. The molecule has 0 rings (SSSR count). The van der Waals surface area contributed by atoms with Crippen molar-refractivity contribution in [1.29, 1.82) is 0 Å². The Balaban J connectivity index is 4.16. The highest BCUT2D eigenvalue weighted by Crippen LogP contribution is 2.27. The Morgan fingerprint density at radius 3 is 2.00 bits per heavy atom. The summed E-state index contributed by atoms with van der Waals surface area (Å²) >= 11 is 1.61. The Hall–Kier alpha value is -0.180. The number of carbonyl (C=O) groups is 1. The second-order valence-electron chi connectivity index (χ2n) is 3.58. The number of aliphatic carboxylic acids is 1. The van der Waals surface area contributed by atoms with Gasteiger partial charge in [-0.3, -0.25) is 4.79 Å². The molecule has 0 aliphatic heterocycles. The second kappa shape index (κ2) is 6.30. The van der Waals surface area contributed by atoms with Crippen molar-refractivity contribution in [3.05, 3.63) is 0 Å². The van der Waals surface area contributed by atoms with Gasteiger partial charge in [0.2, 0.25) is 0 Å². The zero-order chi connectivity index (χ0) is 10.4. The first-order valence-electron chi connectivity index (χ1n) is 4.91. The minimum absolute atomic E-state index is 0.211. The number of hydrogen-bond donors (Lipinski definition) is 1. The van der Waals surface area contributed by atoms with Crippen LogP contribution in [0.5, 0.6) is 0 Å². The molecule has 0 aromatic heterocycles. The maximum absolute atomic E-state index is 10.9. The van der Waals surface area contributed by atoms with Crippen molar-refractivity contribution >= 4 is 17.7 Å². The van der Waals surface area contributed by atoms with E-state index in [1.165, 1.54) is 0 Å². The SMILES string of the molecule is CCC(CC)SC(C(=O)O)C(C)C. The van der Waals surface area contributed by atoms with Gasteiger partial charge in [-0.05, 0) is 18.8 Å². The summed E-state index contributed by atoms with van der Waals surface area (Å²) in [4.78, 5) is 10.9. The van der Waals surface area contributed by atoms with Crippen LogP contribution >= 0.6 is 11.8 Å². The standard InChI is InChI=1S/C10H20O2S/c1-5-8(6-2)13-9(7(3)4)10(11)12/h7-9H,5-6H2,1-4H3,(H,11,12). The van der Waals surface area contributed by atoms with Crippen molar-refractivity contribution in [2.24, 2.45) is 5.92 Å². The Morgan fingerprint density at radius 1 is 1.31 bits per heavy atom. The molecule has 13 heavy (non-hydrogen) atoms. The lowest BCUT2D eigenvalue weighted by atomic mass is 10.1. The van der Waals surface area contributed by atoms with Crippen LogP contribution in [0.1, 0.15) is 40.5 Å². The fourth-order valence-corrected chi connectivity index (χ4v) is 2.42. The van der Waals surface area contributed by atoms with Crippen LogP contribution in [0.2, 0.25) is 0 Å². The monoisotopic (exact) mass is 204 g/mol. The quantitative estimate of drug-likeness (QED) is 0.722. The van der Waals surface area contributed by atoms with Crippen LogP contribution in [0.4, 0.5) is 0 Å². The van der Waals surface area contributed by atoms with Crippen molar-refractivity contribution in [1.82, 2.24) is 0 Å². The van der Waals surface area contributed by atoms with Gasteiger partial charge in [0.25, 0.3) is 0 Å². The molecular formula is C10H20O2S. The van der Waals surface area contributed by atoms with Gasteiger partial charge in [0.1, 0.15) is 5.25 Å². The molecule has 0 aromatic carbocycles. The average Bonchev–Trinajstić information content (AvgIpc) is 2.05. The highest BCUT2D eigenvalue weighted by atomic mass is 32.2. The lowest BCUT2D eigenvalue weighted by Crippen LogP contribution is -2.25. The predicted octanol–water partition coefficient (Wildman–Crippen LogP) is 3.02. The van der Waals surface area contributed by atoms with Crippen molar-refractivity contribution in [2.75, 3.05) is 0 Å². The zero-order valence-electron chi connectivity index (χ0n) is 8.91. The molecule has 3 heteroatoms. The van der Waals surface area contributed by atoms with Crippen LogP contribution in [0.3, 0.4) is 0 Å². The molecule has 1 unspecified atom stereocenters. The summed E-state index contributed by atoms with van der Waals surface area (Å²) in [6.45, 7) is 8.16. The lowest BCUT2D eigenvalue weighted by Gasteiger charge is -2.20. The van der Waals surface area contributed by atoms with E-state index >= 15 is 0 Å². The number of thioether (sulfide) groups is 1. The molecule has 2 nitrogen and oxygen atoms in total. The summed E-state index contributed by atoms with van der Waals surface area (Å²) in [6, 6.07) is 0. The highest BCUT2D eigenvalue weighted by Gasteiger charge is 2.24. The highest BCUT2D eigenvalue weighted by molar-refractivity contribution is 8.01. The molecule has 0 saturated heterocycles. The van der Waals surface area contributed by atoms with E-state index in [9.17, 15) is 4.79 Å². The van der Waals surface area contributed by atoms with E-state index in [-0.39, 0.29) is 11.2 Å². The summed E-state index contributed by atoms with van der Waals surface area (Å²) in [5.41, 5.74) is 0. The van der Waals surface area contributed by atoms with Crippen molar-refractivity contribution < 1.29 is 9.90 Å². The van der Waals surface area contributed by atoms with E-state index in [1.807, 2.05) is 13.8 Å². The maximum atomic E-state index is 10.9. The van der Waals surface area contributed by atoms with E-state index in [1.54, 1.807) is 11.8 Å². The molecule has 0 spiro atoms. The third kappa shape index (κ3) is 4.55. The molecule has 0 amide bonds. The third-order valence-corrected chi connectivity index (χ3v) is 4.19. The van der Waals surface area contributed by atoms with E-state index in [0.29, 0.717) is 5.25 Å². The molecule has 1 atom stereocenters. The Bertz CT molecular complexity index is 153. The molecule has 78 valence electrons. The largest absolute Gasteiger partial charge is 0.480 e. The van der Waals surface area contributed by atoms with Crippen LogP contribution in [0, 0.1) is 5.92 Å². The number of hydrogen-bond acceptors (Lipinski definition) is 2. The van der Waals surface area contributed by atoms with Gasteiger partial charge in [-0.25, -0.2) is 0 Å². The Labute approximate surface area is 85.1 Å². The van der Waals surface area contributed by atoms with Crippen LogP contribution < -0.4 is 0 Å². The van der Waals surface area contributed by atoms with Crippen molar-refractivity contribution in [3.8, 4) is 0 Å². The van der Waals surface area contributed by atoms with Crippen molar-refractivity contribution in [3.63, 3.8) is 0 Å². The van der Waals surface area contributed by atoms with Gasteiger partial charge in [0, 0.05) is 5.25 Å². The topological polar surface area (TPSA) is 37.3 Å². The van der Waals surface area contributed by atoms with Crippen LogP contribution in [0.25, 0.3) is 0 Å². The smallest absolute Gasteiger partial charge is 0.316 e. The summed E-state index contributed by atoms with van der Waals surface area (Å²) < 4.78 is 0. The molecule has 0 aliphatic carbocycles. The normalized spacial score (nSPS) is 13.7. The third-order valence-electron chi connectivity index (χ3n) is 2.10. The molecule has 0 fully saturated rings. The molecule has 0 radical (unpaired) electrons. The molecule has 0 aromatic rings. The Morgan fingerprint density at radius 2 is 1.77 bits per heavy atom. The fraction of sp³-hybridized carbons (Fsp3) is 0.900. The number of rotatable bonds is 6. The van der Waals surface area contributed by atoms with E-state index < -0.39 is 5.97 Å². The van der Waals surface area contributed by atoms with Gasteiger partial charge in [0.15, 0.2) is 0 Å². The molecule has 1 N–H and O–H groups in total. The number of carboxylic acid groups (broad SMARTS) is 1. The Kier molecular flexibility index (Phi) is 6.21. The van der Waals surface area contributed by atoms with Gasteiger partial charge < -0.3 is 5.11 Å². The molecule has 0 bridgehead atoms. The van der Waals surface area contributed by atoms with Crippen molar-refractivity contribution in [2.45, 2.75) is 51.0 Å². The molecule has 0 aliphatic rings. The minimum Gasteiger partial charge on any atom is -0.480 e. The molecular weight excluding hydrogens is 184 g/mol. The number of carboxylic acids is 1. The summed E-state index contributed by atoms with van der Waals surface area (Å²) in [7, 11) is 0. The first kappa shape index (κ1) is 12.8. The summed E-state index contributed by atoms with van der Waals surface area (Å²) in [5.74, 6) is -0.463. The van der Waals surface area contributed by atoms with E-state index in [2.05, 4.69) is 13.8 Å². The van der Waals surface area contributed by atoms with Crippen LogP contribution in [-0.2, 0) is 4.79 Å². The summed E-state index contributed by atoms with van der Waals surface area (Å²) in [5, 5.41) is 9.21. The first-order chi connectivity index (χ1) is 6.02. The zero-order valence-corrected chi connectivity index (χ0v) is 9.73. The first-order valence-corrected chi connectivity index (χ1v) is 5.85. The van der Waals surface area contributed by atoms with Gasteiger partial charge in [-0.15, -0.1) is 11.8 Å². The van der Waals surface area contributed by atoms with E-state index in [0.717, 1.165) is 12.8 Å². The second-order valence-corrected chi connectivity index (χ2v) is 5.02. The van der Waals surface area contributed by atoms with Gasteiger partial charge in [0.05, 0.1) is 0 Å². The lowest BCUT2D eigenvalue weighted by molar-refractivity contribution is -0.137. The predicted molar refractivity (Wildman–Crippen MR) is 58.2 cm³/mol. The minimum atomic E-state index is -0.674. The van der Waals surface area contributed by atoms with Gasteiger partial charge in [-0.2, -0.15) is 0 Å². The molecule has 0 saturated carbocycles. The van der Waals surface area contributed by atoms with E-state index in [4.69, 9.17) is 5.11 Å².